The van der Waals surface area contributed by atoms with Gasteiger partial charge < -0.3 is 20.5 Å². The van der Waals surface area contributed by atoms with Gasteiger partial charge in [0.1, 0.15) is 6.10 Å². The molecule has 4 unspecified atom stereocenters. The third-order valence-corrected chi connectivity index (χ3v) is 3.21. The van der Waals surface area contributed by atoms with Crippen molar-refractivity contribution in [3.05, 3.63) is 5.73 Å². The summed E-state index contributed by atoms with van der Waals surface area (Å²) >= 11 is 0. The molecular formula is C10H14N2O3W-2. The van der Waals surface area contributed by atoms with Gasteiger partial charge in [0.05, 0.1) is 5.71 Å². The summed E-state index contributed by atoms with van der Waals surface area (Å²) in [7, 11) is 0. The Morgan fingerprint density at radius 3 is 2.75 bits per heavy atom. The molecule has 2 aliphatic rings. The van der Waals surface area contributed by atoms with Crippen molar-refractivity contribution < 1.29 is 35.8 Å². The first kappa shape index (κ1) is 13.7. The molecule has 0 spiro atoms. The molecule has 0 aromatic heterocycles. The molecule has 0 saturated heterocycles. The smallest absolute Gasteiger partial charge is 0.120 e. The van der Waals surface area contributed by atoms with Crippen molar-refractivity contribution in [1.82, 2.24) is 0 Å². The fraction of sp³-hybridized carbons (Fsp3) is 0.800. The van der Waals surface area contributed by atoms with Gasteiger partial charge in [-0.2, -0.15) is 0 Å². The molecule has 2 rings (SSSR count). The molecule has 6 heteroatoms. The monoisotopic (exact) mass is 394 g/mol. The van der Waals surface area contributed by atoms with E-state index in [1.165, 1.54) is 0 Å². The normalized spacial score (nSPS) is 36.4. The fourth-order valence-electron chi connectivity index (χ4n) is 2.46. The number of carbonyl (C=O) groups excluding carboxylic acids is 1. The Balaban J connectivity index is 0.00000128. The van der Waals surface area contributed by atoms with Crippen LogP contribution in [-0.2, 0) is 30.7 Å². The predicted molar refractivity (Wildman–Crippen MR) is 51.9 cm³/mol. The number of carboxylic acids is 1. The molecule has 5 nitrogen and oxygen atoms in total. The molecule has 0 bridgehead atoms. The molecule has 1 aliphatic carbocycles. The van der Waals surface area contributed by atoms with Gasteiger partial charge in [-0.25, -0.2) is 0 Å². The second kappa shape index (κ2) is 4.84. The maximum absolute atomic E-state index is 11.0. The minimum Gasteiger partial charge on any atom is -0.672 e. The molecular weight excluding hydrogens is 380 g/mol. The van der Waals surface area contributed by atoms with E-state index in [0.29, 0.717) is 6.42 Å². The van der Waals surface area contributed by atoms with Gasteiger partial charge in [0.2, 0.25) is 0 Å². The molecule has 0 aromatic rings. The number of aliphatic carboxylic acids is 1. The molecule has 0 amide bonds. The van der Waals surface area contributed by atoms with Crippen LogP contribution in [0, 0.1) is 17.8 Å². The van der Waals surface area contributed by atoms with Crippen LogP contribution < -0.4 is 5.11 Å². The zero-order valence-corrected chi connectivity index (χ0v) is 12.1. The van der Waals surface area contributed by atoms with Crippen LogP contribution >= 0.6 is 0 Å². The van der Waals surface area contributed by atoms with Gasteiger partial charge >= 0.3 is 0 Å². The summed E-state index contributed by atoms with van der Waals surface area (Å²) in [6.45, 7) is 3.91. The summed E-state index contributed by atoms with van der Waals surface area (Å²) in [5.74, 6) is -1.79. The van der Waals surface area contributed by atoms with Gasteiger partial charge in [0.25, 0.3) is 0 Å². The molecule has 0 radical (unpaired) electrons. The first-order valence-electron chi connectivity index (χ1n) is 5.18. The van der Waals surface area contributed by atoms with E-state index < -0.39 is 17.9 Å². The zero-order chi connectivity index (χ0) is 11.2. The van der Waals surface area contributed by atoms with Crippen LogP contribution in [0.15, 0.2) is 5.16 Å². The standard InChI is InChI=1S/C10H15N2O3.W/c1-4(2)8-7-5(10(13)14)3-6(11)9(7)15-12-8;/h4-7,9,11H,3H2,1-2H3,(H,13,14);/q-1;/p-1. The zero-order valence-electron chi connectivity index (χ0n) is 9.17. The Labute approximate surface area is 109 Å². The van der Waals surface area contributed by atoms with E-state index in [9.17, 15) is 9.90 Å². The van der Waals surface area contributed by atoms with Crippen molar-refractivity contribution in [2.24, 2.45) is 22.9 Å². The minimum absolute atomic E-state index is 0. The summed E-state index contributed by atoms with van der Waals surface area (Å²) in [6, 6.07) is -0.502. The first-order valence-corrected chi connectivity index (χ1v) is 5.18. The summed E-state index contributed by atoms with van der Waals surface area (Å²) < 4.78 is 0. The van der Waals surface area contributed by atoms with Crippen LogP contribution in [0.5, 0.6) is 0 Å². The quantitative estimate of drug-likeness (QED) is 0.671. The van der Waals surface area contributed by atoms with E-state index in [-0.39, 0.29) is 39.0 Å². The number of hydrogen-bond donors (Lipinski definition) is 0. The van der Waals surface area contributed by atoms with Gasteiger partial charge in [-0.05, 0) is 5.92 Å². The second-order valence-electron chi connectivity index (χ2n) is 4.53. The second-order valence-corrected chi connectivity index (χ2v) is 4.53. The van der Waals surface area contributed by atoms with Crippen LogP contribution in [0.1, 0.15) is 20.3 Å². The Hall–Kier alpha value is -0.412. The van der Waals surface area contributed by atoms with E-state index in [0.717, 1.165) is 5.71 Å². The van der Waals surface area contributed by atoms with Crippen molar-refractivity contribution in [2.75, 3.05) is 0 Å². The van der Waals surface area contributed by atoms with E-state index in [4.69, 9.17) is 10.6 Å². The molecule has 1 aliphatic heterocycles. The fourth-order valence-corrected chi connectivity index (χ4v) is 2.46. The Bertz CT molecular complexity index is 319. The average molecular weight is 394 g/mol. The Morgan fingerprint density at radius 1 is 1.62 bits per heavy atom. The van der Waals surface area contributed by atoms with Crippen molar-refractivity contribution in [1.29, 1.82) is 0 Å². The van der Waals surface area contributed by atoms with Crippen molar-refractivity contribution in [3.8, 4) is 0 Å². The van der Waals surface area contributed by atoms with Crippen LogP contribution in [0.2, 0.25) is 0 Å². The van der Waals surface area contributed by atoms with Gasteiger partial charge in [-0.15, -0.1) is 0 Å². The largest absolute Gasteiger partial charge is 0.672 e. The minimum atomic E-state index is -1.08. The van der Waals surface area contributed by atoms with E-state index in [1.807, 2.05) is 13.8 Å². The van der Waals surface area contributed by atoms with Crippen molar-refractivity contribution in [3.63, 3.8) is 0 Å². The summed E-state index contributed by atoms with van der Waals surface area (Å²) in [4.78, 5) is 16.1. The Morgan fingerprint density at radius 2 is 2.25 bits per heavy atom. The molecule has 1 saturated carbocycles. The third kappa shape index (κ3) is 2.03. The molecule has 16 heavy (non-hydrogen) atoms. The summed E-state index contributed by atoms with van der Waals surface area (Å²) in [5.41, 5.74) is 8.49. The topological polar surface area (TPSA) is 85.5 Å². The number of rotatable bonds is 2. The first-order chi connectivity index (χ1) is 7.02. The van der Waals surface area contributed by atoms with E-state index >= 15 is 0 Å². The number of nitrogens with zero attached hydrogens (tertiary/aromatic N) is 1. The molecule has 1 N–H and O–H groups in total. The van der Waals surface area contributed by atoms with Crippen LogP contribution in [-0.4, -0.2) is 23.8 Å². The van der Waals surface area contributed by atoms with Gasteiger partial charge in [0, 0.05) is 38.9 Å². The number of carboxylic acid groups (broad SMARTS) is 1. The molecule has 4 atom stereocenters. The predicted octanol–water partition coefficient (Wildman–Crippen LogP) is 0.202. The Kier molecular flexibility index (Phi) is 4.13. The number of oxime groups is 1. The number of carbonyl (C=O) groups is 1. The number of hydrogen-bond acceptors (Lipinski definition) is 4. The maximum atomic E-state index is 11.0. The number of fused-ring (bicyclic) bond motifs is 1. The van der Waals surface area contributed by atoms with Crippen LogP contribution in [0.4, 0.5) is 0 Å². The average Bonchev–Trinajstić information content (AvgIpc) is 2.66. The van der Waals surface area contributed by atoms with Gasteiger partial charge in [-0.3, -0.25) is 0 Å². The number of nitrogens with one attached hydrogen (secondary N) is 1. The molecule has 1 fully saturated rings. The van der Waals surface area contributed by atoms with Gasteiger partial charge in [-0.1, -0.05) is 31.5 Å². The van der Waals surface area contributed by atoms with Crippen molar-refractivity contribution >= 4 is 11.7 Å². The van der Waals surface area contributed by atoms with E-state index in [2.05, 4.69) is 5.16 Å². The molecule has 1 heterocycles. The third-order valence-electron chi connectivity index (χ3n) is 3.21. The summed E-state index contributed by atoms with van der Waals surface area (Å²) in [5, 5.41) is 14.9. The molecule has 0 aromatic carbocycles. The summed E-state index contributed by atoms with van der Waals surface area (Å²) in [6.07, 6.45) is -0.0750. The maximum Gasteiger partial charge on any atom is 0.120 e. The molecule has 90 valence electrons. The van der Waals surface area contributed by atoms with Gasteiger partial charge in [0.15, 0.2) is 0 Å². The van der Waals surface area contributed by atoms with Crippen LogP contribution in [0.25, 0.3) is 5.73 Å². The van der Waals surface area contributed by atoms with Crippen molar-refractivity contribution in [2.45, 2.75) is 32.4 Å². The van der Waals surface area contributed by atoms with E-state index in [1.54, 1.807) is 0 Å². The van der Waals surface area contributed by atoms with Crippen LogP contribution in [0.3, 0.4) is 0 Å². The SMILES string of the molecule is CC(C)C1=NOC2C([NH-])CC(C(=O)[O-])C12.[W].